The summed E-state index contributed by atoms with van der Waals surface area (Å²) < 4.78 is 8.65. The van der Waals surface area contributed by atoms with Crippen molar-refractivity contribution in [2.75, 3.05) is 13.7 Å². The van der Waals surface area contributed by atoms with Crippen LogP contribution in [0.1, 0.15) is 39.7 Å². The van der Waals surface area contributed by atoms with Crippen molar-refractivity contribution in [1.82, 2.24) is 24.4 Å². The number of carbonyl (C=O) groups excluding carboxylic acids is 1. The number of ether oxygens (including phenoxy) is 1. The summed E-state index contributed by atoms with van der Waals surface area (Å²) in [6.07, 6.45) is 2.25. The molecule has 0 unspecified atom stereocenters. The van der Waals surface area contributed by atoms with E-state index in [0.29, 0.717) is 30.8 Å². The first-order chi connectivity index (χ1) is 17.1. The molecule has 0 saturated carbocycles. The molecule has 1 amide bonds. The van der Waals surface area contributed by atoms with E-state index < -0.39 is 0 Å². The van der Waals surface area contributed by atoms with Gasteiger partial charge in [-0.25, -0.2) is 0 Å². The lowest BCUT2D eigenvalue weighted by Gasteiger charge is -2.30. The lowest BCUT2D eigenvalue weighted by molar-refractivity contribution is 0.0952. The van der Waals surface area contributed by atoms with Gasteiger partial charge in [0.1, 0.15) is 11.3 Å². The van der Waals surface area contributed by atoms with Crippen LogP contribution in [0.2, 0.25) is 0 Å². The maximum absolute atomic E-state index is 13.4. The number of aromatic nitrogens is 3. The number of amides is 1. The minimum absolute atomic E-state index is 0.147. The number of fused-ring (bicyclic) bond motifs is 2. The molecule has 2 aromatic carbocycles. The largest absolute Gasteiger partial charge is 0.497 e. The van der Waals surface area contributed by atoms with E-state index in [4.69, 9.17) is 4.74 Å². The summed E-state index contributed by atoms with van der Waals surface area (Å²) in [7, 11) is 1.62. The van der Waals surface area contributed by atoms with Crippen LogP contribution in [-0.4, -0.2) is 38.6 Å². The maximum Gasteiger partial charge on any atom is 0.279 e. The molecular formula is C27H29N5O3. The van der Waals surface area contributed by atoms with Crippen LogP contribution >= 0.6 is 0 Å². The number of hydrogen-bond donors (Lipinski definition) is 1. The van der Waals surface area contributed by atoms with Gasteiger partial charge < -0.3 is 14.6 Å². The summed E-state index contributed by atoms with van der Waals surface area (Å²) in [5, 5.41) is 7.29. The van der Waals surface area contributed by atoms with Crippen molar-refractivity contribution in [3.63, 3.8) is 0 Å². The predicted octanol–water partition coefficient (Wildman–Crippen LogP) is 3.01. The van der Waals surface area contributed by atoms with E-state index in [1.807, 2.05) is 49.4 Å². The quantitative estimate of drug-likeness (QED) is 0.448. The molecule has 3 heterocycles. The number of benzene rings is 2. The Labute approximate surface area is 203 Å². The van der Waals surface area contributed by atoms with Gasteiger partial charge in [0.15, 0.2) is 5.65 Å². The second kappa shape index (κ2) is 9.76. The molecule has 8 heteroatoms. The summed E-state index contributed by atoms with van der Waals surface area (Å²) in [4.78, 5) is 28.8. The Hall–Kier alpha value is -3.91. The molecule has 35 heavy (non-hydrogen) atoms. The van der Waals surface area contributed by atoms with Crippen LogP contribution in [0.5, 0.6) is 5.75 Å². The van der Waals surface area contributed by atoms with Gasteiger partial charge in [-0.15, -0.1) is 0 Å². The van der Waals surface area contributed by atoms with E-state index >= 15 is 0 Å². The Morgan fingerprint density at radius 2 is 1.86 bits per heavy atom. The lowest BCUT2D eigenvalue weighted by atomic mass is 10.0. The normalized spacial score (nSPS) is 13.5. The molecule has 0 aliphatic carbocycles. The Kier molecular flexibility index (Phi) is 6.37. The van der Waals surface area contributed by atoms with E-state index in [2.05, 4.69) is 32.0 Å². The van der Waals surface area contributed by atoms with Crippen molar-refractivity contribution in [1.29, 1.82) is 0 Å². The van der Waals surface area contributed by atoms with Crippen LogP contribution in [0.4, 0.5) is 0 Å². The van der Waals surface area contributed by atoms with Crippen LogP contribution in [0.25, 0.3) is 5.65 Å². The van der Waals surface area contributed by atoms with E-state index in [-0.39, 0.29) is 11.5 Å². The average molecular weight is 472 g/mol. The van der Waals surface area contributed by atoms with E-state index in [1.54, 1.807) is 7.11 Å². The minimum Gasteiger partial charge on any atom is -0.497 e. The number of hydrogen-bond acceptors (Lipinski definition) is 5. The van der Waals surface area contributed by atoms with Crippen LogP contribution in [0.15, 0.2) is 65.6 Å². The first kappa shape index (κ1) is 22.9. The van der Waals surface area contributed by atoms with Crippen LogP contribution in [0, 0.1) is 0 Å². The second-order valence-corrected chi connectivity index (χ2v) is 8.75. The Morgan fingerprint density at radius 3 is 2.57 bits per heavy atom. The smallest absolute Gasteiger partial charge is 0.279 e. The van der Waals surface area contributed by atoms with Crippen molar-refractivity contribution in [3.8, 4) is 5.75 Å². The first-order valence-electron chi connectivity index (χ1n) is 11.9. The van der Waals surface area contributed by atoms with Gasteiger partial charge in [-0.3, -0.25) is 14.5 Å². The van der Waals surface area contributed by atoms with Crippen molar-refractivity contribution in [2.24, 2.45) is 0 Å². The van der Waals surface area contributed by atoms with Crippen molar-refractivity contribution < 1.29 is 9.53 Å². The van der Waals surface area contributed by atoms with Gasteiger partial charge in [0.2, 0.25) is 0 Å². The van der Waals surface area contributed by atoms with Crippen molar-refractivity contribution in [2.45, 2.75) is 39.5 Å². The minimum atomic E-state index is -0.251. The van der Waals surface area contributed by atoms with Gasteiger partial charge in [0.05, 0.1) is 18.9 Å². The van der Waals surface area contributed by atoms with E-state index in [9.17, 15) is 9.59 Å². The molecule has 5 rings (SSSR count). The zero-order chi connectivity index (χ0) is 24.4. The molecule has 0 radical (unpaired) electrons. The van der Waals surface area contributed by atoms with Crippen LogP contribution in [-0.2, 0) is 32.6 Å². The summed E-state index contributed by atoms with van der Waals surface area (Å²) in [6.45, 7) is 5.27. The molecule has 0 spiro atoms. The molecular weight excluding hydrogens is 442 g/mol. The fraction of sp³-hybridized carbons (Fsp3) is 0.296. The number of carbonyl (C=O) groups is 1. The topological polar surface area (TPSA) is 80.9 Å². The van der Waals surface area contributed by atoms with E-state index in [0.717, 1.165) is 42.1 Å². The standard InChI is InChI=1S/C27H29N5O3/c1-3-31-24-13-14-30(17-20-7-5-4-6-8-20)18-23(24)27(34)32-26(31)22(16-29-32)25(33)28-15-19-9-11-21(35-2)12-10-19/h4-12,16H,3,13-15,17-18H2,1-2H3,(H,28,33). The van der Waals surface area contributed by atoms with Gasteiger partial charge in [-0.1, -0.05) is 42.5 Å². The zero-order valence-electron chi connectivity index (χ0n) is 20.0. The Balaban J connectivity index is 1.42. The van der Waals surface area contributed by atoms with Gasteiger partial charge in [-0.2, -0.15) is 9.61 Å². The molecule has 180 valence electrons. The number of nitrogens with zero attached hydrogens (tertiary/aromatic N) is 4. The molecule has 0 atom stereocenters. The molecule has 0 fully saturated rings. The van der Waals surface area contributed by atoms with Crippen molar-refractivity contribution >= 4 is 11.6 Å². The third-order valence-corrected chi connectivity index (χ3v) is 6.59. The monoisotopic (exact) mass is 471 g/mol. The SMILES string of the molecule is CCn1c2c(c(=O)n3ncc(C(=O)NCc4ccc(OC)cc4)c13)CN(Cc1ccccc1)CC2. The average Bonchev–Trinajstić information content (AvgIpc) is 3.34. The molecule has 0 bridgehead atoms. The van der Waals surface area contributed by atoms with Gasteiger partial charge in [-0.05, 0) is 30.2 Å². The highest BCUT2D eigenvalue weighted by Gasteiger charge is 2.27. The third-order valence-electron chi connectivity index (χ3n) is 6.59. The van der Waals surface area contributed by atoms with Crippen LogP contribution < -0.4 is 15.6 Å². The van der Waals surface area contributed by atoms with E-state index in [1.165, 1.54) is 16.3 Å². The highest BCUT2D eigenvalue weighted by Crippen LogP contribution is 2.22. The highest BCUT2D eigenvalue weighted by atomic mass is 16.5. The number of nitrogens with one attached hydrogen (secondary N) is 1. The fourth-order valence-corrected chi connectivity index (χ4v) is 4.80. The summed E-state index contributed by atoms with van der Waals surface area (Å²) >= 11 is 0. The number of aryl methyl sites for hydroxylation is 1. The van der Waals surface area contributed by atoms with Gasteiger partial charge >= 0.3 is 0 Å². The Morgan fingerprint density at radius 1 is 1.09 bits per heavy atom. The predicted molar refractivity (Wildman–Crippen MR) is 134 cm³/mol. The number of rotatable bonds is 7. The molecule has 8 nitrogen and oxygen atoms in total. The molecule has 1 aliphatic heterocycles. The van der Waals surface area contributed by atoms with Gasteiger partial charge in [0, 0.05) is 44.8 Å². The molecule has 2 aromatic heterocycles. The molecule has 1 N–H and O–H groups in total. The van der Waals surface area contributed by atoms with Gasteiger partial charge in [0.25, 0.3) is 11.5 Å². The van der Waals surface area contributed by atoms with Crippen molar-refractivity contribution in [3.05, 3.63) is 99.1 Å². The zero-order valence-corrected chi connectivity index (χ0v) is 20.0. The fourth-order valence-electron chi connectivity index (χ4n) is 4.80. The Bertz CT molecular complexity index is 1410. The molecule has 4 aromatic rings. The molecule has 1 aliphatic rings. The van der Waals surface area contributed by atoms with Crippen LogP contribution in [0.3, 0.4) is 0 Å². The first-order valence-corrected chi connectivity index (χ1v) is 11.9. The summed E-state index contributed by atoms with van der Waals surface area (Å²) in [5.74, 6) is 0.514. The maximum atomic E-state index is 13.4. The number of methoxy groups -OCH3 is 1. The second-order valence-electron chi connectivity index (χ2n) is 8.75. The molecule has 0 saturated heterocycles. The lowest BCUT2D eigenvalue weighted by Crippen LogP contribution is -2.38. The summed E-state index contributed by atoms with van der Waals surface area (Å²) in [6, 6.07) is 17.8. The highest BCUT2D eigenvalue weighted by molar-refractivity contribution is 5.99. The third kappa shape index (κ3) is 4.44. The summed E-state index contributed by atoms with van der Waals surface area (Å²) in [5.41, 5.74) is 4.76.